The SMILES string of the molecule is CC(C)(O)C1CC[C@](C)(C2[C@@H](O)C[C@@]3(C)[C@@H]4CC=C5C(=CC[C@H](O)C5(C)C)[C@]4(C)CC[C@]23C)O1. The van der Waals surface area contributed by atoms with Crippen LogP contribution in [0.2, 0.25) is 0 Å². The summed E-state index contributed by atoms with van der Waals surface area (Å²) in [5, 5.41) is 33.1. The quantitative estimate of drug-likeness (QED) is 0.493. The maximum atomic E-state index is 11.7. The third kappa shape index (κ3) is 3.04. The van der Waals surface area contributed by atoms with Crippen LogP contribution in [0.15, 0.2) is 23.3 Å². The monoisotopic (exact) mass is 472 g/mol. The summed E-state index contributed by atoms with van der Waals surface area (Å²) in [5.41, 5.74) is 1.34. The van der Waals surface area contributed by atoms with E-state index < -0.39 is 17.3 Å². The van der Waals surface area contributed by atoms with E-state index in [1.807, 2.05) is 13.8 Å². The second-order valence-electron chi connectivity index (χ2n) is 14.6. The fraction of sp³-hybridized carbons (Fsp3) is 0.867. The fourth-order valence-electron chi connectivity index (χ4n) is 9.76. The minimum atomic E-state index is -0.869. The molecule has 5 aliphatic rings. The predicted molar refractivity (Wildman–Crippen MR) is 135 cm³/mol. The van der Waals surface area contributed by atoms with Crippen LogP contribution in [-0.4, -0.2) is 44.8 Å². The molecule has 4 heteroatoms. The summed E-state index contributed by atoms with van der Waals surface area (Å²) < 4.78 is 6.65. The molecule has 0 aromatic heterocycles. The second kappa shape index (κ2) is 7.21. The molecule has 3 fully saturated rings. The van der Waals surface area contributed by atoms with Crippen LogP contribution in [0.3, 0.4) is 0 Å². The van der Waals surface area contributed by atoms with Crippen molar-refractivity contribution in [1.29, 1.82) is 0 Å². The van der Waals surface area contributed by atoms with Gasteiger partial charge in [0.15, 0.2) is 0 Å². The van der Waals surface area contributed by atoms with Crippen molar-refractivity contribution in [1.82, 2.24) is 0 Å². The van der Waals surface area contributed by atoms with Crippen molar-refractivity contribution in [2.75, 3.05) is 0 Å². The molecule has 192 valence electrons. The molecule has 0 bridgehead atoms. The lowest BCUT2D eigenvalue weighted by molar-refractivity contribution is -0.185. The zero-order chi connectivity index (χ0) is 25.1. The minimum Gasteiger partial charge on any atom is -0.393 e. The highest BCUT2D eigenvalue weighted by atomic mass is 16.5. The summed E-state index contributed by atoms with van der Waals surface area (Å²) in [6.07, 6.45) is 10.3. The lowest BCUT2D eigenvalue weighted by Crippen LogP contribution is -2.58. The van der Waals surface area contributed by atoms with Crippen molar-refractivity contribution in [3.05, 3.63) is 23.3 Å². The highest BCUT2D eigenvalue weighted by molar-refractivity contribution is 5.48. The summed E-state index contributed by atoms with van der Waals surface area (Å²) >= 11 is 0. The van der Waals surface area contributed by atoms with Crippen molar-refractivity contribution in [3.63, 3.8) is 0 Å². The molecule has 0 amide bonds. The molecule has 34 heavy (non-hydrogen) atoms. The first-order chi connectivity index (χ1) is 15.5. The maximum absolute atomic E-state index is 11.7. The van der Waals surface area contributed by atoms with E-state index in [4.69, 9.17) is 4.74 Å². The highest BCUT2D eigenvalue weighted by Gasteiger charge is 2.71. The van der Waals surface area contributed by atoms with Crippen LogP contribution in [-0.2, 0) is 4.74 Å². The van der Waals surface area contributed by atoms with E-state index in [1.165, 1.54) is 11.1 Å². The van der Waals surface area contributed by atoms with E-state index in [-0.39, 0.29) is 39.8 Å². The van der Waals surface area contributed by atoms with Gasteiger partial charge in [-0.3, -0.25) is 0 Å². The molecule has 0 aromatic carbocycles. The smallest absolute Gasteiger partial charge is 0.0865 e. The molecule has 2 saturated carbocycles. The van der Waals surface area contributed by atoms with Crippen molar-refractivity contribution >= 4 is 0 Å². The molecule has 1 saturated heterocycles. The zero-order valence-electron chi connectivity index (χ0n) is 22.7. The van der Waals surface area contributed by atoms with Crippen molar-refractivity contribution in [2.45, 2.75) is 130 Å². The van der Waals surface area contributed by atoms with Crippen LogP contribution in [0.25, 0.3) is 0 Å². The molecule has 0 radical (unpaired) electrons. The second-order valence-corrected chi connectivity index (χ2v) is 14.6. The fourth-order valence-corrected chi connectivity index (χ4v) is 9.76. The van der Waals surface area contributed by atoms with Gasteiger partial charge < -0.3 is 20.1 Å². The number of allylic oxidation sites excluding steroid dienone is 2. The summed E-state index contributed by atoms with van der Waals surface area (Å²) in [7, 11) is 0. The molecular weight excluding hydrogens is 424 g/mol. The third-order valence-electron chi connectivity index (χ3n) is 12.0. The van der Waals surface area contributed by atoms with Gasteiger partial charge in [0.1, 0.15) is 0 Å². The average molecular weight is 473 g/mol. The molecule has 5 rings (SSSR count). The van der Waals surface area contributed by atoms with Crippen LogP contribution >= 0.6 is 0 Å². The highest BCUT2D eigenvalue weighted by Crippen LogP contribution is 2.75. The Morgan fingerprint density at radius 2 is 1.53 bits per heavy atom. The van der Waals surface area contributed by atoms with Gasteiger partial charge in [0.25, 0.3) is 0 Å². The van der Waals surface area contributed by atoms with Gasteiger partial charge in [-0.1, -0.05) is 46.8 Å². The van der Waals surface area contributed by atoms with Gasteiger partial charge in [-0.25, -0.2) is 0 Å². The van der Waals surface area contributed by atoms with Crippen LogP contribution in [0.5, 0.6) is 0 Å². The van der Waals surface area contributed by atoms with E-state index in [2.05, 4.69) is 53.7 Å². The number of hydrogen-bond acceptors (Lipinski definition) is 4. The number of aliphatic hydroxyl groups is 3. The first kappa shape index (κ1) is 25.0. The summed E-state index contributed by atoms with van der Waals surface area (Å²) in [6.45, 7) is 17.6. The summed E-state index contributed by atoms with van der Waals surface area (Å²) in [6, 6.07) is 0. The van der Waals surface area contributed by atoms with Gasteiger partial charge in [0.05, 0.1) is 29.5 Å². The Bertz CT molecular complexity index is 927. The molecule has 3 N–H and O–H groups in total. The number of fused-ring (bicyclic) bond motifs is 5. The molecule has 4 aliphatic carbocycles. The molecule has 9 atom stereocenters. The standard InChI is InChI=1S/C30H48O4/c1-25(2)18-9-11-21-27(5,19(18)10-12-22(25)32)15-16-28(6)24(20(31)17-29(21,28)7)30(8)14-13-23(34-30)26(3,4)33/h9-10,20-24,31-33H,11-17H2,1-8H3/t20-,21+,22-,23?,24?,27-,28+,29-,30+/m0/s1. The van der Waals surface area contributed by atoms with Gasteiger partial charge in [-0.15, -0.1) is 0 Å². The van der Waals surface area contributed by atoms with Gasteiger partial charge in [-0.2, -0.15) is 0 Å². The largest absolute Gasteiger partial charge is 0.393 e. The molecule has 4 nitrogen and oxygen atoms in total. The van der Waals surface area contributed by atoms with Crippen LogP contribution < -0.4 is 0 Å². The number of ether oxygens (including phenoxy) is 1. The van der Waals surface area contributed by atoms with Crippen LogP contribution in [0.1, 0.15) is 100 Å². The van der Waals surface area contributed by atoms with E-state index >= 15 is 0 Å². The van der Waals surface area contributed by atoms with Crippen molar-refractivity contribution in [3.8, 4) is 0 Å². The van der Waals surface area contributed by atoms with E-state index in [1.54, 1.807) is 0 Å². The first-order valence-electron chi connectivity index (χ1n) is 13.7. The Morgan fingerprint density at radius 3 is 2.15 bits per heavy atom. The molecule has 0 spiro atoms. The van der Waals surface area contributed by atoms with E-state index in [0.717, 1.165) is 44.9 Å². The number of hydrogen-bond donors (Lipinski definition) is 3. The Balaban J connectivity index is 1.53. The first-order valence-corrected chi connectivity index (χ1v) is 13.7. The molecule has 1 aliphatic heterocycles. The zero-order valence-corrected chi connectivity index (χ0v) is 22.7. The third-order valence-corrected chi connectivity index (χ3v) is 12.0. The summed E-state index contributed by atoms with van der Waals surface area (Å²) in [4.78, 5) is 0. The van der Waals surface area contributed by atoms with Gasteiger partial charge in [-0.05, 0) is 99.0 Å². The topological polar surface area (TPSA) is 69.9 Å². The lowest BCUT2D eigenvalue weighted by atomic mass is 9.40. The maximum Gasteiger partial charge on any atom is 0.0865 e. The van der Waals surface area contributed by atoms with Crippen LogP contribution in [0.4, 0.5) is 0 Å². The summed E-state index contributed by atoms with van der Waals surface area (Å²) in [5.74, 6) is 0.514. The Labute approximate surface area is 206 Å². The number of rotatable bonds is 2. The molecule has 2 unspecified atom stereocenters. The average Bonchev–Trinajstić information content (AvgIpc) is 3.20. The van der Waals surface area contributed by atoms with Crippen molar-refractivity contribution < 1.29 is 20.1 Å². The van der Waals surface area contributed by atoms with Crippen LogP contribution in [0, 0.1) is 33.5 Å². The number of aliphatic hydroxyl groups excluding tert-OH is 2. The minimum absolute atomic E-state index is 0.00759. The van der Waals surface area contributed by atoms with E-state index in [9.17, 15) is 15.3 Å². The predicted octanol–water partition coefficient (Wildman–Crippen LogP) is 5.55. The molecule has 0 aromatic rings. The molecule has 1 heterocycles. The Kier molecular flexibility index (Phi) is 5.30. The van der Waals surface area contributed by atoms with Gasteiger partial charge in [0.2, 0.25) is 0 Å². The normalized spacial score (nSPS) is 52.4. The van der Waals surface area contributed by atoms with E-state index in [0.29, 0.717) is 5.92 Å². The van der Waals surface area contributed by atoms with Gasteiger partial charge in [0, 0.05) is 11.3 Å². The Morgan fingerprint density at radius 1 is 0.882 bits per heavy atom. The lowest BCUT2D eigenvalue weighted by Gasteiger charge is -2.64. The van der Waals surface area contributed by atoms with Crippen molar-refractivity contribution in [2.24, 2.45) is 33.5 Å². The Hall–Kier alpha value is -0.680. The van der Waals surface area contributed by atoms with Gasteiger partial charge >= 0.3 is 0 Å². The molecular formula is C30H48O4.